The first-order valence-electron chi connectivity index (χ1n) is 6.73. The minimum atomic E-state index is -0.450. The molecule has 0 radical (unpaired) electrons. The number of halogens is 1. The summed E-state index contributed by atoms with van der Waals surface area (Å²) in [6, 6.07) is 9.49. The van der Waals surface area contributed by atoms with E-state index in [9.17, 15) is 4.79 Å². The van der Waals surface area contributed by atoms with Crippen molar-refractivity contribution in [1.82, 2.24) is 0 Å². The van der Waals surface area contributed by atoms with Gasteiger partial charge in [-0.2, -0.15) is 0 Å². The van der Waals surface area contributed by atoms with E-state index < -0.39 is 5.97 Å². The second-order valence-corrected chi connectivity index (χ2v) is 6.47. The third-order valence-electron chi connectivity index (χ3n) is 3.05. The third kappa shape index (κ3) is 3.78. The van der Waals surface area contributed by atoms with Crippen molar-refractivity contribution in [2.45, 2.75) is 0 Å². The molecule has 6 heteroatoms. The lowest BCUT2D eigenvalue weighted by molar-refractivity contribution is -0.129. The Hall–Kier alpha value is -2.18. The number of aliphatic imine (C=N–C) groups is 1. The lowest BCUT2D eigenvalue weighted by Crippen LogP contribution is -2.01. The van der Waals surface area contributed by atoms with Gasteiger partial charge >= 0.3 is 5.97 Å². The zero-order valence-corrected chi connectivity index (χ0v) is 14.6. The Balaban J connectivity index is 1.81. The summed E-state index contributed by atoms with van der Waals surface area (Å²) in [5, 5.41) is 1.94. The number of thiophene rings is 1. The Bertz CT molecular complexity index is 836. The molecule has 2 aromatic rings. The second kappa shape index (κ2) is 6.93. The van der Waals surface area contributed by atoms with Gasteiger partial charge in [0.25, 0.3) is 0 Å². The Morgan fingerprint density at radius 2 is 2.13 bits per heavy atom. The number of ether oxygens (including phenoxy) is 2. The molecule has 0 aliphatic carbocycles. The molecule has 3 rings (SSSR count). The van der Waals surface area contributed by atoms with Crippen LogP contribution in [0.5, 0.6) is 5.75 Å². The highest BCUT2D eigenvalue weighted by Gasteiger charge is 2.21. The van der Waals surface area contributed by atoms with Gasteiger partial charge in [0.15, 0.2) is 5.70 Å². The molecule has 2 heterocycles. The van der Waals surface area contributed by atoms with Crippen LogP contribution in [-0.4, -0.2) is 19.0 Å². The number of rotatable bonds is 4. The number of carbonyl (C=O) groups is 1. The van der Waals surface area contributed by atoms with Crippen LogP contribution in [0.4, 0.5) is 0 Å². The number of benzene rings is 1. The molecule has 1 aromatic heterocycles. The monoisotopic (exact) mass is 389 g/mol. The average Bonchev–Trinajstić information content (AvgIpc) is 3.12. The topological polar surface area (TPSA) is 47.9 Å². The smallest absolute Gasteiger partial charge is 0.363 e. The lowest BCUT2D eigenvalue weighted by atomic mass is 10.2. The maximum absolute atomic E-state index is 11.9. The molecule has 1 aromatic carbocycles. The number of methoxy groups -OCH3 is 1. The fourth-order valence-electron chi connectivity index (χ4n) is 2.00. The van der Waals surface area contributed by atoms with Gasteiger partial charge < -0.3 is 9.47 Å². The molecule has 1 aliphatic rings. The van der Waals surface area contributed by atoms with Crippen LogP contribution >= 0.6 is 27.3 Å². The SMILES string of the molecule is COc1ccccc1/C=C/C1=NC(=C\c2cc(Br)cs2)/C(=O)O1. The number of esters is 1. The highest BCUT2D eigenvalue weighted by Crippen LogP contribution is 2.24. The number of cyclic esters (lactones) is 1. The van der Waals surface area contributed by atoms with E-state index in [1.165, 1.54) is 11.3 Å². The first kappa shape index (κ1) is 15.7. The van der Waals surface area contributed by atoms with Crippen molar-refractivity contribution in [3.05, 3.63) is 62.4 Å². The van der Waals surface area contributed by atoms with E-state index in [4.69, 9.17) is 9.47 Å². The molecular formula is C17H12BrNO3S. The molecule has 0 atom stereocenters. The average molecular weight is 390 g/mol. The zero-order chi connectivity index (χ0) is 16.2. The molecule has 1 aliphatic heterocycles. The van der Waals surface area contributed by atoms with Crippen LogP contribution in [-0.2, 0) is 9.53 Å². The molecule has 0 saturated carbocycles. The first-order chi connectivity index (χ1) is 11.2. The molecule has 0 amide bonds. The van der Waals surface area contributed by atoms with E-state index in [0.717, 1.165) is 20.7 Å². The van der Waals surface area contributed by atoms with E-state index >= 15 is 0 Å². The van der Waals surface area contributed by atoms with Gasteiger partial charge in [0, 0.05) is 26.4 Å². The molecule has 0 spiro atoms. The van der Waals surface area contributed by atoms with E-state index in [0.29, 0.717) is 5.70 Å². The zero-order valence-electron chi connectivity index (χ0n) is 12.2. The summed E-state index contributed by atoms with van der Waals surface area (Å²) < 4.78 is 11.4. The van der Waals surface area contributed by atoms with E-state index in [2.05, 4.69) is 20.9 Å². The number of hydrogen-bond acceptors (Lipinski definition) is 5. The maximum Gasteiger partial charge on any atom is 0.363 e. The predicted molar refractivity (Wildman–Crippen MR) is 95.6 cm³/mol. The van der Waals surface area contributed by atoms with Crippen LogP contribution in [0, 0.1) is 0 Å². The van der Waals surface area contributed by atoms with Gasteiger partial charge in [-0.25, -0.2) is 9.79 Å². The summed E-state index contributed by atoms with van der Waals surface area (Å²) in [4.78, 5) is 17.0. The quantitative estimate of drug-likeness (QED) is 0.569. The van der Waals surface area contributed by atoms with Gasteiger partial charge in [-0.1, -0.05) is 18.2 Å². The fraction of sp³-hybridized carbons (Fsp3) is 0.0588. The molecule has 0 fully saturated rings. The molecule has 116 valence electrons. The van der Waals surface area contributed by atoms with Crippen molar-refractivity contribution in [3.8, 4) is 5.75 Å². The largest absolute Gasteiger partial charge is 0.496 e. The van der Waals surface area contributed by atoms with Gasteiger partial charge in [-0.15, -0.1) is 11.3 Å². The van der Waals surface area contributed by atoms with Gasteiger partial charge in [0.05, 0.1) is 7.11 Å². The summed E-state index contributed by atoms with van der Waals surface area (Å²) in [7, 11) is 1.61. The Kier molecular flexibility index (Phi) is 4.73. The van der Waals surface area contributed by atoms with Crippen molar-refractivity contribution in [3.63, 3.8) is 0 Å². The Morgan fingerprint density at radius 1 is 1.30 bits per heavy atom. The van der Waals surface area contributed by atoms with Gasteiger partial charge in [-0.3, -0.25) is 0 Å². The molecule has 0 N–H and O–H groups in total. The van der Waals surface area contributed by atoms with Crippen LogP contribution in [0.2, 0.25) is 0 Å². The summed E-state index contributed by atoms with van der Waals surface area (Å²) in [6.45, 7) is 0. The fourth-order valence-corrected chi connectivity index (χ4v) is 3.37. The van der Waals surface area contributed by atoms with Crippen LogP contribution in [0.25, 0.3) is 12.2 Å². The van der Waals surface area contributed by atoms with Crippen molar-refractivity contribution >= 4 is 51.3 Å². The minimum absolute atomic E-state index is 0.266. The maximum atomic E-state index is 11.9. The lowest BCUT2D eigenvalue weighted by Gasteiger charge is -2.02. The molecule has 0 saturated heterocycles. The molecule has 23 heavy (non-hydrogen) atoms. The standard InChI is InChI=1S/C17H12BrNO3S/c1-21-15-5-3-2-4-11(15)6-7-16-19-14(17(20)22-16)9-13-8-12(18)10-23-13/h2-10H,1H3/b7-6+,14-9-. The second-order valence-electron chi connectivity index (χ2n) is 4.61. The third-order valence-corrected chi connectivity index (χ3v) is 4.69. The molecule has 0 bridgehead atoms. The minimum Gasteiger partial charge on any atom is -0.496 e. The summed E-state index contributed by atoms with van der Waals surface area (Å²) in [5.41, 5.74) is 1.17. The number of carbonyl (C=O) groups excluding carboxylic acids is 1. The van der Waals surface area contributed by atoms with Crippen LogP contribution in [0.15, 0.2) is 57.0 Å². The molecule has 4 nitrogen and oxygen atoms in total. The van der Waals surface area contributed by atoms with E-state index in [1.807, 2.05) is 35.7 Å². The van der Waals surface area contributed by atoms with Crippen molar-refractivity contribution in [2.24, 2.45) is 4.99 Å². The van der Waals surface area contributed by atoms with E-state index in [1.54, 1.807) is 25.3 Å². The van der Waals surface area contributed by atoms with Crippen molar-refractivity contribution < 1.29 is 14.3 Å². The summed E-state index contributed by atoms with van der Waals surface area (Å²) in [5.74, 6) is 0.560. The van der Waals surface area contributed by atoms with Gasteiger partial charge in [-0.05, 0) is 40.2 Å². The highest BCUT2D eigenvalue weighted by atomic mass is 79.9. The number of hydrogen-bond donors (Lipinski definition) is 0. The van der Waals surface area contributed by atoms with Crippen molar-refractivity contribution in [1.29, 1.82) is 0 Å². The van der Waals surface area contributed by atoms with E-state index in [-0.39, 0.29) is 5.90 Å². The normalized spacial score (nSPS) is 16.0. The Labute approximate surface area is 145 Å². The van der Waals surface area contributed by atoms with Crippen LogP contribution < -0.4 is 4.74 Å². The van der Waals surface area contributed by atoms with Gasteiger partial charge in [0.1, 0.15) is 5.75 Å². The summed E-state index contributed by atoms with van der Waals surface area (Å²) in [6.07, 6.45) is 5.16. The number of nitrogens with zero attached hydrogens (tertiary/aromatic N) is 1. The van der Waals surface area contributed by atoms with Crippen LogP contribution in [0.3, 0.4) is 0 Å². The highest BCUT2D eigenvalue weighted by molar-refractivity contribution is 9.10. The van der Waals surface area contributed by atoms with Gasteiger partial charge in [0.2, 0.25) is 5.90 Å². The predicted octanol–water partition coefficient (Wildman–Crippen LogP) is 4.53. The Morgan fingerprint density at radius 3 is 2.87 bits per heavy atom. The first-order valence-corrected chi connectivity index (χ1v) is 8.40. The van der Waals surface area contributed by atoms with Crippen LogP contribution in [0.1, 0.15) is 10.4 Å². The van der Waals surface area contributed by atoms with Crippen molar-refractivity contribution in [2.75, 3.05) is 7.11 Å². The summed E-state index contributed by atoms with van der Waals surface area (Å²) >= 11 is 4.90. The molecular weight excluding hydrogens is 378 g/mol. The molecule has 0 unspecified atom stereocenters. The number of para-hydroxylation sites is 1.